The lowest BCUT2D eigenvalue weighted by Crippen LogP contribution is -2.09. The maximum absolute atomic E-state index is 11.4. The highest BCUT2D eigenvalue weighted by molar-refractivity contribution is 7.98. The summed E-state index contributed by atoms with van der Waals surface area (Å²) in [6, 6.07) is 1.81. The summed E-state index contributed by atoms with van der Waals surface area (Å²) in [6.07, 6.45) is 3.88. The molecular weight excluding hydrogens is 310 g/mol. The monoisotopic (exact) mass is 323 g/mol. The third-order valence-electron chi connectivity index (χ3n) is 2.85. The number of pyridine rings is 1. The van der Waals surface area contributed by atoms with Crippen molar-refractivity contribution in [2.75, 3.05) is 0 Å². The van der Waals surface area contributed by atoms with Gasteiger partial charge in [-0.1, -0.05) is 18.5 Å². The molecule has 2 aromatic rings. The molecule has 0 saturated carbocycles. The van der Waals surface area contributed by atoms with Crippen LogP contribution in [0.1, 0.15) is 34.4 Å². The van der Waals surface area contributed by atoms with Crippen molar-refractivity contribution in [3.05, 3.63) is 46.1 Å². The molecule has 0 fully saturated rings. The first-order valence-corrected chi connectivity index (χ1v) is 7.71. The van der Waals surface area contributed by atoms with Crippen LogP contribution in [0.3, 0.4) is 0 Å². The lowest BCUT2D eigenvalue weighted by atomic mass is 10.2. The van der Waals surface area contributed by atoms with Crippen LogP contribution in [0.5, 0.6) is 0 Å². The number of hydrogen-bond acceptors (Lipinski definition) is 5. The van der Waals surface area contributed by atoms with E-state index in [-0.39, 0.29) is 5.56 Å². The predicted molar refractivity (Wildman–Crippen MR) is 81.9 cm³/mol. The zero-order valence-electron chi connectivity index (χ0n) is 11.6. The number of halogens is 1. The van der Waals surface area contributed by atoms with Crippen molar-refractivity contribution in [1.82, 2.24) is 15.0 Å². The Balaban J connectivity index is 2.32. The Morgan fingerprint density at radius 3 is 2.81 bits per heavy atom. The van der Waals surface area contributed by atoms with Gasteiger partial charge in [0.05, 0.1) is 10.7 Å². The first-order chi connectivity index (χ1) is 10.0. The van der Waals surface area contributed by atoms with Gasteiger partial charge in [-0.3, -0.25) is 4.98 Å². The molecule has 21 heavy (non-hydrogen) atoms. The molecule has 0 bridgehead atoms. The molecule has 110 valence electrons. The Labute approximate surface area is 131 Å². The van der Waals surface area contributed by atoms with Crippen LogP contribution < -0.4 is 0 Å². The zero-order valence-corrected chi connectivity index (χ0v) is 13.2. The third kappa shape index (κ3) is 3.71. The molecule has 7 heteroatoms. The fraction of sp³-hybridized carbons (Fsp3) is 0.286. The smallest absolute Gasteiger partial charge is 0.340 e. The van der Waals surface area contributed by atoms with E-state index in [1.165, 1.54) is 11.8 Å². The Morgan fingerprint density at radius 2 is 2.19 bits per heavy atom. The second kappa shape index (κ2) is 6.87. The fourth-order valence-electron chi connectivity index (χ4n) is 1.78. The van der Waals surface area contributed by atoms with E-state index in [0.29, 0.717) is 33.7 Å². The molecule has 0 spiro atoms. The summed E-state index contributed by atoms with van der Waals surface area (Å²) < 4.78 is 0. The number of carboxylic acid groups (broad SMARTS) is 1. The summed E-state index contributed by atoms with van der Waals surface area (Å²) >= 11 is 7.40. The number of aromatic nitrogens is 3. The zero-order chi connectivity index (χ0) is 15.4. The summed E-state index contributed by atoms with van der Waals surface area (Å²) in [5.41, 5.74) is 1.53. The van der Waals surface area contributed by atoms with Crippen LogP contribution in [0.25, 0.3) is 0 Å². The van der Waals surface area contributed by atoms with Crippen molar-refractivity contribution in [3.63, 3.8) is 0 Å². The molecule has 0 unspecified atom stereocenters. The van der Waals surface area contributed by atoms with Gasteiger partial charge in [-0.15, -0.1) is 11.8 Å². The Morgan fingerprint density at radius 1 is 1.43 bits per heavy atom. The SMILES string of the molecule is CCc1nc(C)c(C(=O)O)c(SCc2ccncc2Cl)n1. The quantitative estimate of drug-likeness (QED) is 0.671. The molecule has 0 aliphatic heterocycles. The average molecular weight is 324 g/mol. The molecule has 0 saturated heterocycles. The lowest BCUT2D eigenvalue weighted by molar-refractivity contribution is 0.0690. The number of aromatic carboxylic acids is 1. The van der Waals surface area contributed by atoms with Gasteiger partial charge in [0.25, 0.3) is 0 Å². The molecule has 2 rings (SSSR count). The standard InChI is InChI=1S/C14H14ClN3O2S/c1-3-11-17-8(2)12(14(19)20)13(18-11)21-7-9-4-5-16-6-10(9)15/h4-6H,3,7H2,1-2H3,(H,19,20). The van der Waals surface area contributed by atoms with Crippen molar-refractivity contribution < 1.29 is 9.90 Å². The topological polar surface area (TPSA) is 76.0 Å². The number of rotatable bonds is 5. The van der Waals surface area contributed by atoms with E-state index in [2.05, 4.69) is 15.0 Å². The molecule has 0 aliphatic carbocycles. The van der Waals surface area contributed by atoms with Crippen LogP contribution in [-0.4, -0.2) is 26.0 Å². The summed E-state index contributed by atoms with van der Waals surface area (Å²) in [5, 5.41) is 10.4. The molecule has 0 radical (unpaired) electrons. The molecule has 1 N–H and O–H groups in total. The van der Waals surface area contributed by atoms with E-state index in [9.17, 15) is 9.90 Å². The van der Waals surface area contributed by atoms with Crippen LogP contribution in [0.15, 0.2) is 23.5 Å². The fourth-order valence-corrected chi connectivity index (χ4v) is 3.14. The van der Waals surface area contributed by atoms with Crippen LogP contribution in [-0.2, 0) is 12.2 Å². The van der Waals surface area contributed by atoms with Crippen molar-refractivity contribution in [2.24, 2.45) is 0 Å². The summed E-state index contributed by atoms with van der Waals surface area (Å²) in [5.74, 6) is 0.153. The third-order valence-corrected chi connectivity index (χ3v) is 4.22. The van der Waals surface area contributed by atoms with Gasteiger partial charge in [0.1, 0.15) is 16.4 Å². The maximum Gasteiger partial charge on any atom is 0.340 e. The molecular formula is C14H14ClN3O2S. The van der Waals surface area contributed by atoms with Crippen LogP contribution >= 0.6 is 23.4 Å². The van der Waals surface area contributed by atoms with Crippen molar-refractivity contribution in [3.8, 4) is 0 Å². The Bertz CT molecular complexity index is 679. The summed E-state index contributed by atoms with van der Waals surface area (Å²) in [4.78, 5) is 23.9. The van der Waals surface area contributed by atoms with Gasteiger partial charge in [-0.2, -0.15) is 0 Å². The highest BCUT2D eigenvalue weighted by Gasteiger charge is 2.18. The van der Waals surface area contributed by atoms with Gasteiger partial charge in [-0.25, -0.2) is 14.8 Å². The number of carbonyl (C=O) groups is 1. The van der Waals surface area contributed by atoms with E-state index in [0.717, 1.165) is 5.56 Å². The second-order valence-corrected chi connectivity index (χ2v) is 5.69. The van der Waals surface area contributed by atoms with Gasteiger partial charge < -0.3 is 5.11 Å². The van der Waals surface area contributed by atoms with Gasteiger partial charge in [0, 0.05) is 24.6 Å². The number of aryl methyl sites for hydroxylation is 2. The molecule has 5 nitrogen and oxygen atoms in total. The highest BCUT2D eigenvalue weighted by atomic mass is 35.5. The van der Waals surface area contributed by atoms with Gasteiger partial charge >= 0.3 is 5.97 Å². The highest BCUT2D eigenvalue weighted by Crippen LogP contribution is 2.28. The Kier molecular flexibility index (Phi) is 5.14. The Hall–Kier alpha value is -1.66. The lowest BCUT2D eigenvalue weighted by Gasteiger charge is -2.10. The van der Waals surface area contributed by atoms with Crippen molar-refractivity contribution >= 4 is 29.3 Å². The molecule has 2 aromatic heterocycles. The van der Waals surface area contributed by atoms with E-state index in [4.69, 9.17) is 11.6 Å². The number of thioether (sulfide) groups is 1. The molecule has 0 amide bonds. The van der Waals surface area contributed by atoms with Gasteiger partial charge in [-0.05, 0) is 18.6 Å². The minimum absolute atomic E-state index is 0.155. The maximum atomic E-state index is 11.4. The summed E-state index contributed by atoms with van der Waals surface area (Å²) in [7, 11) is 0. The molecule has 2 heterocycles. The van der Waals surface area contributed by atoms with E-state index >= 15 is 0 Å². The summed E-state index contributed by atoms with van der Waals surface area (Å²) in [6.45, 7) is 3.62. The average Bonchev–Trinajstić information content (AvgIpc) is 2.45. The largest absolute Gasteiger partial charge is 0.478 e. The van der Waals surface area contributed by atoms with E-state index in [1.807, 2.05) is 13.0 Å². The molecule has 0 atom stereocenters. The normalized spacial score (nSPS) is 10.6. The van der Waals surface area contributed by atoms with Crippen molar-refractivity contribution in [1.29, 1.82) is 0 Å². The number of carboxylic acids is 1. The van der Waals surface area contributed by atoms with Gasteiger partial charge in [0.2, 0.25) is 0 Å². The predicted octanol–water partition coefficient (Wildman–Crippen LogP) is 3.39. The minimum Gasteiger partial charge on any atom is -0.478 e. The van der Waals surface area contributed by atoms with Crippen LogP contribution in [0.2, 0.25) is 5.02 Å². The van der Waals surface area contributed by atoms with E-state index < -0.39 is 5.97 Å². The van der Waals surface area contributed by atoms with Gasteiger partial charge in [0.15, 0.2) is 0 Å². The second-order valence-electron chi connectivity index (χ2n) is 4.32. The molecule has 0 aliphatic rings. The minimum atomic E-state index is -1.02. The van der Waals surface area contributed by atoms with Crippen LogP contribution in [0, 0.1) is 6.92 Å². The van der Waals surface area contributed by atoms with E-state index in [1.54, 1.807) is 19.3 Å². The first-order valence-electron chi connectivity index (χ1n) is 6.35. The number of nitrogens with zero attached hydrogens (tertiary/aromatic N) is 3. The number of hydrogen-bond donors (Lipinski definition) is 1. The van der Waals surface area contributed by atoms with Crippen molar-refractivity contribution in [2.45, 2.75) is 31.0 Å². The molecule has 0 aromatic carbocycles. The first kappa shape index (κ1) is 15.7. The van der Waals surface area contributed by atoms with Crippen LogP contribution in [0.4, 0.5) is 0 Å².